The highest BCUT2D eigenvalue weighted by Gasteiger charge is 2.31. The second-order valence-electron chi connectivity index (χ2n) is 38.4. The van der Waals surface area contributed by atoms with Crippen LogP contribution in [-0.2, 0) is 6.42 Å². The number of allylic oxidation sites excluding steroid dienone is 8. The zero-order valence-corrected chi connectivity index (χ0v) is 78.9. The van der Waals surface area contributed by atoms with Crippen LogP contribution in [-0.4, -0.2) is 0 Å². The molecule has 2 atom stereocenters. The molecular weight excluding hydrogens is 1790 g/mol. The molecule has 0 saturated heterocycles. The van der Waals surface area contributed by atoms with Crippen molar-refractivity contribution in [3.05, 3.63) is 540 Å². The Bertz CT molecular complexity index is 10000. The first-order valence-electron chi connectivity index (χ1n) is 49.6. The third kappa shape index (κ3) is 14.7. The molecule has 3 aliphatic rings. The Morgan fingerprint density at radius 2 is 0.623 bits per heavy atom. The van der Waals surface area contributed by atoms with Gasteiger partial charge in [-0.1, -0.05) is 309 Å². The van der Waals surface area contributed by atoms with E-state index in [1.165, 1.54) is 86.7 Å². The Balaban J connectivity index is 0.528. The summed E-state index contributed by atoms with van der Waals surface area (Å²) >= 11 is 0. The van der Waals surface area contributed by atoms with Crippen molar-refractivity contribution in [3.63, 3.8) is 0 Å². The molecule has 686 valence electrons. The van der Waals surface area contributed by atoms with Gasteiger partial charge in [0.25, 0.3) is 0 Å². The molecule has 3 aliphatic carbocycles. The van der Waals surface area contributed by atoms with Gasteiger partial charge in [0.2, 0.25) is 0 Å². The number of rotatable bonds is 18. The maximum atomic E-state index is 15.1. The number of hydrogen-bond donors (Lipinski definition) is 0. The van der Waals surface area contributed by atoms with Gasteiger partial charge in [-0.25, -0.2) is 14.4 Å². The molecule has 10 heteroatoms. The van der Waals surface area contributed by atoms with Crippen LogP contribution < -0.4 is 36.5 Å². The van der Waals surface area contributed by atoms with Gasteiger partial charge >= 0.3 is 16.9 Å². The molecule has 0 radical (unpaired) electrons. The van der Waals surface area contributed by atoms with E-state index in [1.54, 1.807) is 0 Å². The molecule has 3 heterocycles. The average Bonchev–Trinajstić information content (AvgIpc) is 0.727. The van der Waals surface area contributed by atoms with Crippen LogP contribution in [0.2, 0.25) is 0 Å². The molecule has 0 fully saturated rings. The van der Waals surface area contributed by atoms with Gasteiger partial charge in [0.1, 0.15) is 16.7 Å². The molecule has 0 bridgehead atoms. The normalized spacial score (nSPS) is 13.7. The monoisotopic (exact) mass is 1870 g/mol. The summed E-state index contributed by atoms with van der Waals surface area (Å²) < 4.78 is 19.5. The Labute approximate surface area is 839 Å². The summed E-state index contributed by atoms with van der Waals surface area (Å²) in [7, 11) is 0. The fraction of sp³-hybridized carbons (Fsp3) is 0.0221. The van der Waals surface area contributed by atoms with Crippen LogP contribution in [0.25, 0.3) is 192 Å². The smallest absolute Gasteiger partial charge is 0.344 e. The van der Waals surface area contributed by atoms with Crippen LogP contribution in [0.4, 0.5) is 62.6 Å². The van der Waals surface area contributed by atoms with Crippen LogP contribution >= 0.6 is 0 Å². The minimum atomic E-state index is -0.496. The zero-order valence-electron chi connectivity index (χ0n) is 78.9. The van der Waals surface area contributed by atoms with Crippen LogP contribution in [0.5, 0.6) is 0 Å². The van der Waals surface area contributed by atoms with E-state index in [0.717, 1.165) is 135 Å². The first kappa shape index (κ1) is 84.8. The van der Waals surface area contributed by atoms with Crippen molar-refractivity contribution >= 4 is 188 Å². The lowest BCUT2D eigenvalue weighted by molar-refractivity contribution is 0.563. The first-order valence-corrected chi connectivity index (χ1v) is 49.6. The fourth-order valence-corrected chi connectivity index (χ4v) is 23.0. The summed E-state index contributed by atoms with van der Waals surface area (Å²) in [6.45, 7) is 0. The zero-order chi connectivity index (χ0) is 96.7. The molecule has 0 saturated carbocycles. The van der Waals surface area contributed by atoms with Gasteiger partial charge in [0.15, 0.2) is 0 Å². The van der Waals surface area contributed by atoms with E-state index >= 15 is 4.79 Å². The number of fused-ring (bicyclic) bond motifs is 8. The van der Waals surface area contributed by atoms with Crippen molar-refractivity contribution in [2.75, 3.05) is 19.6 Å². The third-order valence-corrected chi connectivity index (χ3v) is 29.9. The Morgan fingerprint density at radius 1 is 0.226 bits per heavy atom. The van der Waals surface area contributed by atoms with Gasteiger partial charge in [-0.15, -0.1) is 0 Å². The maximum Gasteiger partial charge on any atom is 0.344 e. The summed E-state index contributed by atoms with van der Waals surface area (Å²) in [4.78, 5) is 53.7. The largest absolute Gasteiger partial charge is 0.422 e. The summed E-state index contributed by atoms with van der Waals surface area (Å²) in [5, 5.41) is 21.3. The molecule has 0 amide bonds. The molecule has 25 aromatic rings. The maximum absolute atomic E-state index is 15.1. The predicted octanol–water partition coefficient (Wildman–Crippen LogP) is 35.6. The van der Waals surface area contributed by atoms with E-state index in [4.69, 9.17) is 13.3 Å². The van der Waals surface area contributed by atoms with Crippen molar-refractivity contribution < 1.29 is 13.3 Å². The van der Waals surface area contributed by atoms with Crippen molar-refractivity contribution in [1.29, 1.82) is 0 Å². The number of benzene rings is 22. The molecule has 0 N–H and O–H groups in total. The molecule has 28 rings (SSSR count). The fourth-order valence-electron chi connectivity index (χ4n) is 23.0. The molecule has 10 nitrogen and oxygen atoms in total. The number of hydrogen-bond acceptors (Lipinski definition) is 10. The van der Waals surface area contributed by atoms with E-state index in [9.17, 15) is 9.59 Å². The molecule has 2 unspecified atom stereocenters. The Hall–Kier alpha value is -19.3. The minimum Gasteiger partial charge on any atom is -0.422 e. The SMILES string of the molecule is O=c1oc2cc(N(C3=CC=CC4C=CC=CC34)c3ccc4ccccc4c3)ccc2cc1-c1ccc(N(c2ccc(-c3cc4ccc(N(c5ccc(-c6c7ccccc7cc7ccccc67)cc5)c5cccc(-c6cc7cccc8ccc9cccc6c9c87)c5)cc4oc3=O)cc2)c2ccc(-c3cc4ccc(N(c5cccc(-c6cccc7ccccc67)c5)c5cc6c7c(cccc7c5)C=CC6)cc4oc3=O)cc2)cc1. The predicted molar refractivity (Wildman–Crippen MR) is 606 cm³/mol. The minimum absolute atomic E-state index is 0.0834. The lowest BCUT2D eigenvalue weighted by Gasteiger charge is -2.36. The first-order chi connectivity index (χ1) is 72.0. The highest BCUT2D eigenvalue weighted by molar-refractivity contribution is 6.26. The van der Waals surface area contributed by atoms with Crippen molar-refractivity contribution in [3.8, 4) is 66.8 Å². The van der Waals surface area contributed by atoms with Crippen LogP contribution in [0.15, 0.2) is 525 Å². The van der Waals surface area contributed by atoms with E-state index in [1.807, 2.05) is 127 Å². The summed E-state index contributed by atoms with van der Waals surface area (Å²) in [5.41, 5.74) is 22.8. The standard InChI is InChI=1S/C136H86N4O6/c141-134-123(77-99-56-68-112(81-127(99)144-134)138(108-65-54-93(55-66-108)132-119-40-9-5-23-95(119)71-96-24-6-10-41-120(96)132)109-36-15-32-98(74-109)122-80-104-35-13-29-91-45-46-92-30-17-43-121(122)133(92)131(91)104)87-48-59-105(60-49-87)137(107-63-52-89(53-64-107)125-79-101-58-70-114(83-129(101)146-136(125)143)140(111-67-47-84-19-1-2-22-94(84)72-111)126-44-18-26-86-21-4-8-39-118(86)126)106-61-50-88(51-62-106)124-78-100-57-69-113(82-128(100)145-135(124)142)139(115-75-102-33-11-27-90-28-12-34-103(76-115)130(90)102)110-37-14-31-97(73-110)117-42-16-25-85-20-3-7-38-116(85)117/h1-33,35-83,86,118H,34H2. The molecule has 146 heavy (non-hydrogen) atoms. The van der Waals surface area contributed by atoms with E-state index < -0.39 is 16.9 Å². The van der Waals surface area contributed by atoms with E-state index in [2.05, 4.69) is 390 Å². The van der Waals surface area contributed by atoms with Gasteiger partial charge < -0.3 is 32.9 Å². The van der Waals surface area contributed by atoms with Gasteiger partial charge in [0, 0.05) is 114 Å². The number of anilines is 11. The van der Waals surface area contributed by atoms with Crippen molar-refractivity contribution in [1.82, 2.24) is 0 Å². The third-order valence-electron chi connectivity index (χ3n) is 29.9. The highest BCUT2D eigenvalue weighted by atomic mass is 16.4. The molecule has 0 aliphatic heterocycles. The van der Waals surface area contributed by atoms with Crippen LogP contribution in [0.1, 0.15) is 11.1 Å². The second kappa shape index (κ2) is 34.6. The van der Waals surface area contributed by atoms with Crippen molar-refractivity contribution in [2.24, 2.45) is 11.8 Å². The molecule has 3 aromatic heterocycles. The molecule has 22 aromatic carbocycles. The topological polar surface area (TPSA) is 104 Å². The van der Waals surface area contributed by atoms with Crippen LogP contribution in [0.3, 0.4) is 0 Å². The van der Waals surface area contributed by atoms with E-state index in [0.29, 0.717) is 50.1 Å². The lowest BCUT2D eigenvalue weighted by atomic mass is 9.82. The number of nitrogens with zero attached hydrogens (tertiary/aromatic N) is 4. The van der Waals surface area contributed by atoms with Crippen molar-refractivity contribution in [2.45, 2.75) is 6.42 Å². The Morgan fingerprint density at radius 3 is 1.22 bits per heavy atom. The Kier molecular flexibility index (Phi) is 20.1. The average molecular weight is 1870 g/mol. The lowest BCUT2D eigenvalue weighted by Crippen LogP contribution is -2.27. The summed E-state index contributed by atoms with van der Waals surface area (Å²) in [6.07, 6.45) is 20.6. The summed E-state index contributed by atoms with van der Waals surface area (Å²) in [5.74, 6) is 0.270. The van der Waals surface area contributed by atoms with E-state index in [-0.39, 0.29) is 11.8 Å². The quantitative estimate of drug-likeness (QED) is 0.0469. The molecule has 0 spiro atoms. The second-order valence-corrected chi connectivity index (χ2v) is 38.4. The van der Waals surface area contributed by atoms with Gasteiger partial charge in [-0.05, 0) is 324 Å². The van der Waals surface area contributed by atoms with Gasteiger partial charge in [-0.2, -0.15) is 0 Å². The van der Waals surface area contributed by atoms with Gasteiger partial charge in [-0.3, -0.25) is 0 Å². The van der Waals surface area contributed by atoms with Gasteiger partial charge in [0.05, 0.1) is 16.7 Å². The molecular formula is C136H86N4O6. The van der Waals surface area contributed by atoms with Crippen LogP contribution in [0, 0.1) is 11.8 Å². The summed E-state index contributed by atoms with van der Waals surface area (Å²) in [6, 6.07) is 155. The highest BCUT2D eigenvalue weighted by Crippen LogP contribution is 2.51.